The Morgan fingerprint density at radius 1 is 1.39 bits per heavy atom. The number of thiophene rings is 1. The van der Waals surface area contributed by atoms with Gasteiger partial charge in [-0.3, -0.25) is 0 Å². The second-order valence-corrected chi connectivity index (χ2v) is 6.59. The third-order valence-electron chi connectivity index (χ3n) is 3.67. The Labute approximate surface area is 138 Å². The summed E-state index contributed by atoms with van der Waals surface area (Å²) < 4.78 is 10.7. The van der Waals surface area contributed by atoms with Crippen LogP contribution in [-0.4, -0.2) is 22.2 Å². The molecule has 0 aliphatic heterocycles. The molecule has 7 heteroatoms. The topological polar surface area (TPSA) is 89.6 Å². The van der Waals surface area contributed by atoms with Gasteiger partial charge in [0.2, 0.25) is 0 Å². The maximum Gasteiger partial charge on any atom is 0.398 e. The first kappa shape index (κ1) is 17.5. The van der Waals surface area contributed by atoms with Gasteiger partial charge in [-0.05, 0) is 32.3 Å². The highest BCUT2D eigenvalue weighted by molar-refractivity contribution is 7.20. The second-order valence-electron chi connectivity index (χ2n) is 5.59. The molecule has 0 spiro atoms. The molecule has 6 nitrogen and oxygen atoms in total. The molecule has 1 atom stereocenters. The summed E-state index contributed by atoms with van der Waals surface area (Å²) in [6.45, 7) is 5.64. The third-order valence-corrected chi connectivity index (χ3v) is 4.84. The fourth-order valence-corrected chi connectivity index (χ4v) is 3.39. The molecule has 0 amide bonds. The maximum atomic E-state index is 12.1. The van der Waals surface area contributed by atoms with E-state index in [-0.39, 0.29) is 22.4 Å². The zero-order chi connectivity index (χ0) is 17.0. The second kappa shape index (κ2) is 7.59. The Balaban J connectivity index is 2.16. The van der Waals surface area contributed by atoms with Crippen molar-refractivity contribution in [2.24, 2.45) is 0 Å². The van der Waals surface area contributed by atoms with E-state index in [1.807, 2.05) is 6.92 Å². The number of aromatic carboxylic acids is 1. The summed E-state index contributed by atoms with van der Waals surface area (Å²) in [6.07, 6.45) is 5.20. The molecule has 2 rings (SSSR count). The van der Waals surface area contributed by atoms with E-state index in [0.717, 1.165) is 30.6 Å². The van der Waals surface area contributed by atoms with Crippen LogP contribution in [0.3, 0.4) is 0 Å². The normalized spacial score (nSPS) is 12.5. The molecule has 0 aliphatic rings. The van der Waals surface area contributed by atoms with Crippen LogP contribution in [0.5, 0.6) is 6.08 Å². The summed E-state index contributed by atoms with van der Waals surface area (Å²) in [4.78, 5) is 27.8. The molecule has 0 radical (unpaired) electrons. The Kier molecular flexibility index (Phi) is 5.76. The molecule has 0 fully saturated rings. The minimum Gasteiger partial charge on any atom is -0.477 e. The van der Waals surface area contributed by atoms with Gasteiger partial charge in [0.05, 0.1) is 0 Å². The van der Waals surface area contributed by atoms with E-state index < -0.39 is 11.6 Å². The summed E-state index contributed by atoms with van der Waals surface area (Å²) in [7, 11) is 0. The zero-order valence-electron chi connectivity index (χ0n) is 13.5. The first-order valence-corrected chi connectivity index (χ1v) is 8.59. The third kappa shape index (κ3) is 4.10. The lowest BCUT2D eigenvalue weighted by atomic mass is 10.1. The van der Waals surface area contributed by atoms with Crippen LogP contribution < -0.4 is 10.4 Å². The number of carbonyl (C=O) groups is 1. The molecule has 0 bridgehead atoms. The number of unbranched alkanes of at least 4 members (excludes halogenated alkanes) is 3. The Bertz CT molecular complexity index is 749. The van der Waals surface area contributed by atoms with Gasteiger partial charge < -0.3 is 14.3 Å². The van der Waals surface area contributed by atoms with Gasteiger partial charge in [0, 0.05) is 0 Å². The van der Waals surface area contributed by atoms with Gasteiger partial charge in [-0.25, -0.2) is 9.59 Å². The summed E-state index contributed by atoms with van der Waals surface area (Å²) in [5.74, 6) is -1.07. The molecule has 23 heavy (non-hydrogen) atoms. The molecule has 0 saturated heterocycles. The van der Waals surface area contributed by atoms with Crippen LogP contribution in [0.4, 0.5) is 0 Å². The number of rotatable bonds is 8. The van der Waals surface area contributed by atoms with E-state index in [9.17, 15) is 9.59 Å². The van der Waals surface area contributed by atoms with Crippen molar-refractivity contribution in [3.05, 3.63) is 20.9 Å². The molecule has 126 valence electrons. The van der Waals surface area contributed by atoms with Gasteiger partial charge in [-0.15, -0.1) is 11.3 Å². The van der Waals surface area contributed by atoms with Gasteiger partial charge in [-0.1, -0.05) is 26.2 Å². The van der Waals surface area contributed by atoms with Gasteiger partial charge in [0.1, 0.15) is 21.2 Å². The SMILES string of the molecule is CCCCCCC(C)Oc1nc2sc(C(=O)O)c(C)c2c(=O)o1. The Morgan fingerprint density at radius 3 is 2.78 bits per heavy atom. The number of hydrogen-bond donors (Lipinski definition) is 1. The van der Waals surface area contributed by atoms with E-state index in [2.05, 4.69) is 11.9 Å². The number of ether oxygens (including phenoxy) is 1. The lowest BCUT2D eigenvalue weighted by Gasteiger charge is -2.11. The van der Waals surface area contributed by atoms with Crippen LogP contribution in [-0.2, 0) is 0 Å². The van der Waals surface area contributed by atoms with Crippen LogP contribution in [0, 0.1) is 6.92 Å². The van der Waals surface area contributed by atoms with E-state index in [0.29, 0.717) is 10.4 Å². The van der Waals surface area contributed by atoms with Crippen molar-refractivity contribution in [1.82, 2.24) is 4.98 Å². The summed E-state index contributed by atoms with van der Waals surface area (Å²) in [6, 6.07) is 0. The van der Waals surface area contributed by atoms with Crippen LogP contribution in [0.2, 0.25) is 0 Å². The highest BCUT2D eigenvalue weighted by atomic mass is 32.1. The zero-order valence-corrected chi connectivity index (χ0v) is 14.4. The molecular formula is C16H21NO5S. The first-order valence-electron chi connectivity index (χ1n) is 7.78. The number of carboxylic acid groups (broad SMARTS) is 1. The monoisotopic (exact) mass is 339 g/mol. The predicted octanol–water partition coefficient (Wildman–Crippen LogP) is 3.99. The van der Waals surface area contributed by atoms with E-state index in [4.69, 9.17) is 14.3 Å². The minimum absolute atomic E-state index is 0.0938. The van der Waals surface area contributed by atoms with Crippen LogP contribution in [0.25, 0.3) is 10.2 Å². The number of aryl methyl sites for hydroxylation is 1. The number of aromatic nitrogens is 1. The van der Waals surface area contributed by atoms with Gasteiger partial charge in [0.15, 0.2) is 0 Å². The van der Waals surface area contributed by atoms with Crippen molar-refractivity contribution >= 4 is 27.5 Å². The van der Waals surface area contributed by atoms with E-state index in [1.165, 1.54) is 12.8 Å². The summed E-state index contributed by atoms with van der Waals surface area (Å²) in [5.41, 5.74) is -0.220. The molecule has 2 heterocycles. The largest absolute Gasteiger partial charge is 0.477 e. The van der Waals surface area contributed by atoms with Gasteiger partial charge in [-0.2, -0.15) is 4.98 Å². The van der Waals surface area contributed by atoms with Crippen LogP contribution in [0.1, 0.15) is 61.2 Å². The van der Waals surface area contributed by atoms with Gasteiger partial charge in [0.25, 0.3) is 0 Å². The first-order chi connectivity index (χ1) is 10.9. The highest BCUT2D eigenvalue weighted by Gasteiger charge is 2.20. The Hall–Kier alpha value is -1.89. The number of hydrogen-bond acceptors (Lipinski definition) is 6. The summed E-state index contributed by atoms with van der Waals surface area (Å²) >= 11 is 0.961. The van der Waals surface area contributed by atoms with Crippen molar-refractivity contribution in [3.63, 3.8) is 0 Å². The van der Waals surface area contributed by atoms with E-state index in [1.54, 1.807) is 6.92 Å². The molecule has 0 saturated carbocycles. The fourth-order valence-electron chi connectivity index (χ4n) is 2.40. The average Bonchev–Trinajstić information content (AvgIpc) is 2.81. The molecule has 0 aliphatic carbocycles. The summed E-state index contributed by atoms with van der Waals surface area (Å²) in [5, 5.41) is 9.35. The average molecular weight is 339 g/mol. The fraction of sp³-hybridized carbons (Fsp3) is 0.562. The molecular weight excluding hydrogens is 318 g/mol. The maximum absolute atomic E-state index is 12.1. The van der Waals surface area contributed by atoms with Crippen molar-refractivity contribution in [2.45, 2.75) is 59.0 Å². The molecule has 1 unspecified atom stereocenters. The van der Waals surface area contributed by atoms with Gasteiger partial charge >= 0.3 is 17.7 Å². The lowest BCUT2D eigenvalue weighted by molar-refractivity contribution is 0.0701. The smallest absolute Gasteiger partial charge is 0.398 e. The van der Waals surface area contributed by atoms with Crippen molar-refractivity contribution in [2.75, 3.05) is 0 Å². The van der Waals surface area contributed by atoms with Crippen molar-refractivity contribution in [3.8, 4) is 6.08 Å². The van der Waals surface area contributed by atoms with Crippen LogP contribution in [0.15, 0.2) is 9.21 Å². The highest BCUT2D eigenvalue weighted by Crippen LogP contribution is 2.28. The lowest BCUT2D eigenvalue weighted by Crippen LogP contribution is -2.14. The van der Waals surface area contributed by atoms with Crippen molar-refractivity contribution < 1.29 is 19.1 Å². The van der Waals surface area contributed by atoms with Crippen LogP contribution >= 0.6 is 11.3 Å². The standard InChI is InChI=1S/C16H21NO5S/c1-4-5-6-7-8-9(2)21-16-17-13-11(15(20)22-16)10(3)12(23-13)14(18)19/h9H,4-8H2,1-3H3,(H,18,19). The predicted molar refractivity (Wildman–Crippen MR) is 88.7 cm³/mol. The molecule has 0 aromatic carbocycles. The number of nitrogens with zero attached hydrogens (tertiary/aromatic N) is 1. The Morgan fingerprint density at radius 2 is 2.13 bits per heavy atom. The number of carboxylic acids is 1. The number of fused-ring (bicyclic) bond motifs is 1. The van der Waals surface area contributed by atoms with E-state index >= 15 is 0 Å². The molecule has 1 N–H and O–H groups in total. The molecule has 2 aromatic heterocycles. The minimum atomic E-state index is -1.07. The van der Waals surface area contributed by atoms with Crippen molar-refractivity contribution in [1.29, 1.82) is 0 Å². The molecule has 2 aromatic rings. The quantitative estimate of drug-likeness (QED) is 0.731.